The molecular formula is C61H84BF18NO3. The molecule has 0 aliphatic carbocycles. The number of alkyl halides is 18. The molecule has 4 nitrogen and oxygen atoms in total. The number of nitrogen functional groups attached to an aromatic ring is 1. The molecule has 0 amide bonds. The van der Waals surface area contributed by atoms with E-state index in [1.54, 1.807) is 0 Å². The smallest absolute Gasteiger partial charge is 0.490 e. The summed E-state index contributed by atoms with van der Waals surface area (Å²) in [6.45, 7) is 4.34. The lowest BCUT2D eigenvalue weighted by Gasteiger charge is -2.29. The molecule has 84 heavy (non-hydrogen) atoms. The lowest BCUT2D eigenvalue weighted by atomic mass is 9.81. The molecule has 0 heterocycles. The van der Waals surface area contributed by atoms with E-state index in [1.165, 1.54) is 89.9 Å². The van der Waals surface area contributed by atoms with E-state index in [1.807, 2.05) is 0 Å². The number of hydrogen-bond acceptors (Lipinski definition) is 4. The first-order chi connectivity index (χ1) is 39.4. The summed E-state index contributed by atoms with van der Waals surface area (Å²) in [4.78, 5) is 0. The van der Waals surface area contributed by atoms with Crippen LogP contribution < -0.4 is 19.7 Å². The summed E-state index contributed by atoms with van der Waals surface area (Å²) < 4.78 is 275. The van der Waals surface area contributed by atoms with Gasteiger partial charge >= 0.3 is 44.4 Å². The van der Waals surface area contributed by atoms with Crippen molar-refractivity contribution in [1.29, 1.82) is 0 Å². The third kappa shape index (κ3) is 28.0. The molecule has 3 rings (SSSR count). The Hall–Kier alpha value is -4.34. The van der Waals surface area contributed by atoms with E-state index in [2.05, 4.69) is 13.8 Å². The Labute approximate surface area is 484 Å². The summed E-state index contributed by atoms with van der Waals surface area (Å²) in [6, 6.07) is -1.54. The highest BCUT2D eigenvalue weighted by Crippen LogP contribution is 2.51. The summed E-state index contributed by atoms with van der Waals surface area (Å²) in [7, 11) is -3.33. The Bertz CT molecular complexity index is 2130. The molecule has 0 aliphatic rings. The topological polar surface area (TPSA) is 53.7 Å². The second-order valence-electron chi connectivity index (χ2n) is 22.1. The van der Waals surface area contributed by atoms with Gasteiger partial charge in [-0.2, -0.15) is 79.0 Å². The maximum atomic E-state index is 15.6. The van der Waals surface area contributed by atoms with Crippen LogP contribution in [-0.4, -0.2) is 7.32 Å². The van der Waals surface area contributed by atoms with Crippen LogP contribution in [0.25, 0.3) is 0 Å². The van der Waals surface area contributed by atoms with Gasteiger partial charge in [0.25, 0.3) is 0 Å². The predicted molar refractivity (Wildman–Crippen MR) is 292 cm³/mol. The van der Waals surface area contributed by atoms with Gasteiger partial charge in [0.1, 0.15) is 17.2 Å². The third-order valence-corrected chi connectivity index (χ3v) is 15.0. The van der Waals surface area contributed by atoms with E-state index in [0.29, 0.717) is 25.7 Å². The van der Waals surface area contributed by atoms with Gasteiger partial charge in [0, 0.05) is 0 Å². The van der Waals surface area contributed by atoms with Crippen LogP contribution >= 0.6 is 0 Å². The quantitative estimate of drug-likeness (QED) is 0.0266. The maximum absolute atomic E-state index is 15.6. The van der Waals surface area contributed by atoms with Crippen LogP contribution in [0.1, 0.15) is 277 Å². The fourth-order valence-electron chi connectivity index (χ4n) is 10.4. The number of anilines is 1. The molecule has 0 saturated carbocycles. The van der Waals surface area contributed by atoms with Gasteiger partial charge in [-0.15, -0.1) is 0 Å². The van der Waals surface area contributed by atoms with Gasteiger partial charge in [-0.1, -0.05) is 219 Å². The van der Waals surface area contributed by atoms with Crippen molar-refractivity contribution in [1.82, 2.24) is 0 Å². The molecule has 0 atom stereocenters. The minimum Gasteiger partial charge on any atom is -0.490 e. The minimum absolute atomic E-state index is 0.0472. The van der Waals surface area contributed by atoms with Crippen LogP contribution in [0.2, 0.25) is 0 Å². The molecule has 0 fully saturated rings. The summed E-state index contributed by atoms with van der Waals surface area (Å²) in [5.41, 5.74) is -9.35. The Kier molecular flexibility index (Phi) is 31.8. The fourth-order valence-corrected chi connectivity index (χ4v) is 10.4. The Morgan fingerprint density at radius 3 is 0.833 bits per heavy atom. The van der Waals surface area contributed by atoms with E-state index < -0.39 is 124 Å². The third-order valence-electron chi connectivity index (χ3n) is 15.0. The molecule has 0 unspecified atom stereocenters. The predicted octanol–water partition coefficient (Wildman–Crippen LogP) is 24.3. The minimum atomic E-state index is -5.75. The number of benzene rings is 3. The first kappa shape index (κ1) is 73.9. The van der Waals surface area contributed by atoms with Crippen molar-refractivity contribution in [3.8, 4) is 17.2 Å². The molecule has 2 N–H and O–H groups in total. The summed E-state index contributed by atoms with van der Waals surface area (Å²) in [5, 5.41) is 0. The Morgan fingerprint density at radius 1 is 0.333 bits per heavy atom. The van der Waals surface area contributed by atoms with Gasteiger partial charge in [0.2, 0.25) is 0 Å². The average Bonchev–Trinajstić information content (AvgIpc) is 2.24. The number of hydrogen-bond donors (Lipinski definition) is 1. The van der Waals surface area contributed by atoms with Crippen LogP contribution in [0.5, 0.6) is 17.2 Å². The molecule has 0 aliphatic heterocycles. The van der Waals surface area contributed by atoms with Crippen molar-refractivity contribution < 1.29 is 93.0 Å². The van der Waals surface area contributed by atoms with Crippen molar-refractivity contribution in [3.05, 3.63) is 81.4 Å². The van der Waals surface area contributed by atoms with Crippen LogP contribution in [0.3, 0.4) is 0 Å². The van der Waals surface area contributed by atoms with Crippen LogP contribution in [0.4, 0.5) is 84.7 Å². The second kappa shape index (κ2) is 36.1. The zero-order chi connectivity index (χ0) is 62.6. The van der Waals surface area contributed by atoms with Crippen molar-refractivity contribution >= 4 is 13.0 Å². The number of halogens is 18. The standard InChI is InChI=1S/C61H84BF18NO3/c1-3-5-7-9-11-13-15-17-19-21-23-25-27-29-31-33-35-44(36-34-32-30-28-26-24-22-20-18-16-14-12-10-8-6-4-2)53-51(60(75,76)77)43-52(55(81)54(53)61(78,79)80)84-62(82-49-39-45(56(63,64)65)37-46(40-49)57(66,67)68)83-50-41-47(58(69,70)71)38-48(42-50)59(72,73)74/h37-44H,3-36,81H2,1-2H3. The van der Waals surface area contributed by atoms with E-state index in [-0.39, 0.29) is 56.0 Å². The SMILES string of the molecule is CCCCCCCCCCCCCCCCCCC(CCCCCCCCCCCCCCCCCC)c1c(C(F)(F)F)cc(OB(Oc2cc(C(F)(F)F)cc(C(F)(F)F)c2)Oc2cc(C(F)(F)F)cc(C(F)(F)F)c2)c(N)c1C(F)(F)F. The van der Waals surface area contributed by atoms with Crippen molar-refractivity contribution in [3.63, 3.8) is 0 Å². The molecule has 0 spiro atoms. The Morgan fingerprint density at radius 2 is 0.595 bits per heavy atom. The molecule has 480 valence electrons. The highest BCUT2D eigenvalue weighted by Gasteiger charge is 2.48. The van der Waals surface area contributed by atoms with Gasteiger partial charge in [-0.3, -0.25) is 0 Å². The average molecular weight is 1230 g/mol. The maximum Gasteiger partial charge on any atom is 0.864 e. The first-order valence-corrected chi connectivity index (χ1v) is 30.1. The summed E-state index contributed by atoms with van der Waals surface area (Å²) >= 11 is 0. The van der Waals surface area contributed by atoms with Gasteiger partial charge < -0.3 is 19.7 Å². The molecule has 0 radical (unpaired) electrons. The highest BCUT2D eigenvalue weighted by atomic mass is 19.4. The lowest BCUT2D eigenvalue weighted by molar-refractivity contribution is -0.145. The van der Waals surface area contributed by atoms with Gasteiger partial charge in [-0.05, 0) is 66.8 Å². The summed E-state index contributed by atoms with van der Waals surface area (Å²) in [6.07, 6.45) is -2.80. The molecule has 23 heteroatoms. The molecule has 3 aromatic carbocycles. The normalized spacial score (nSPS) is 12.9. The van der Waals surface area contributed by atoms with Crippen molar-refractivity contribution in [2.24, 2.45) is 0 Å². The molecule has 0 bridgehead atoms. The number of unbranched alkanes of at least 4 members (excludes halogenated alkanes) is 30. The van der Waals surface area contributed by atoms with Gasteiger partial charge in [0.05, 0.1) is 39.1 Å². The van der Waals surface area contributed by atoms with Crippen LogP contribution in [0.15, 0.2) is 42.5 Å². The van der Waals surface area contributed by atoms with Crippen LogP contribution in [0, 0.1) is 0 Å². The monoisotopic (exact) mass is 1230 g/mol. The zero-order valence-electron chi connectivity index (χ0n) is 48.3. The van der Waals surface area contributed by atoms with Crippen LogP contribution in [-0.2, 0) is 37.1 Å². The van der Waals surface area contributed by atoms with Gasteiger partial charge in [0.15, 0.2) is 0 Å². The first-order valence-electron chi connectivity index (χ1n) is 30.1. The molecule has 3 aromatic rings. The van der Waals surface area contributed by atoms with E-state index in [4.69, 9.17) is 19.7 Å². The fraction of sp³-hybridized carbons (Fsp3) is 0.705. The van der Waals surface area contributed by atoms with E-state index >= 15 is 26.3 Å². The molecular weight excluding hydrogens is 1150 g/mol. The molecule has 0 saturated heterocycles. The second-order valence-corrected chi connectivity index (χ2v) is 22.1. The summed E-state index contributed by atoms with van der Waals surface area (Å²) in [5.74, 6) is -6.36. The number of rotatable bonds is 41. The zero-order valence-corrected chi connectivity index (χ0v) is 48.3. The molecule has 0 aromatic heterocycles. The van der Waals surface area contributed by atoms with E-state index in [9.17, 15) is 52.7 Å². The lowest BCUT2D eigenvalue weighted by Crippen LogP contribution is -2.38. The van der Waals surface area contributed by atoms with Crippen molar-refractivity contribution in [2.75, 3.05) is 5.73 Å². The van der Waals surface area contributed by atoms with E-state index in [0.717, 1.165) is 77.0 Å². The number of nitrogens with two attached hydrogens (primary N) is 1. The highest BCUT2D eigenvalue weighted by molar-refractivity contribution is 6.39. The largest absolute Gasteiger partial charge is 0.864 e. The van der Waals surface area contributed by atoms with Crippen molar-refractivity contribution in [2.45, 2.75) is 275 Å². The Balaban J connectivity index is 2.00. The van der Waals surface area contributed by atoms with Gasteiger partial charge in [-0.25, -0.2) is 0 Å².